The van der Waals surface area contributed by atoms with Gasteiger partial charge in [0.25, 0.3) is 0 Å². The highest BCUT2D eigenvalue weighted by Crippen LogP contribution is 2.47. The lowest BCUT2D eigenvalue weighted by molar-refractivity contribution is 0.411. The van der Waals surface area contributed by atoms with Crippen molar-refractivity contribution in [3.05, 3.63) is 89.6 Å². The van der Waals surface area contributed by atoms with Crippen LogP contribution in [0.3, 0.4) is 0 Å². The fraction of sp³-hybridized carbons (Fsp3) is 0.361. The van der Waals surface area contributed by atoms with Gasteiger partial charge < -0.3 is 0 Å². The Balaban J connectivity index is 1.74. The molecule has 38 heavy (non-hydrogen) atoms. The Morgan fingerprint density at radius 3 is 2.00 bits per heavy atom. The SMILES string of the molecule is CC(C)(C)Cc1ccc(-c2sc3c(-c4cc(C(C)(C)C)c5ccccc5c4)nccc3c2C(C)(C)C)cc1. The van der Waals surface area contributed by atoms with Gasteiger partial charge in [-0.2, -0.15) is 0 Å². The number of nitrogens with zero attached hydrogens (tertiary/aromatic N) is 1. The zero-order chi connectivity index (χ0) is 27.5. The molecule has 0 aliphatic rings. The Kier molecular flexibility index (Phi) is 6.55. The van der Waals surface area contributed by atoms with Gasteiger partial charge in [0.15, 0.2) is 0 Å². The molecule has 0 radical (unpaired) electrons. The molecule has 2 heteroatoms. The van der Waals surface area contributed by atoms with E-state index in [1.165, 1.54) is 53.6 Å². The van der Waals surface area contributed by atoms with Crippen LogP contribution >= 0.6 is 11.3 Å². The van der Waals surface area contributed by atoms with Gasteiger partial charge in [-0.25, -0.2) is 0 Å². The summed E-state index contributed by atoms with van der Waals surface area (Å²) in [4.78, 5) is 6.36. The van der Waals surface area contributed by atoms with E-state index in [1.54, 1.807) is 0 Å². The van der Waals surface area contributed by atoms with Crippen molar-refractivity contribution < 1.29 is 0 Å². The molecule has 5 aromatic rings. The maximum Gasteiger partial charge on any atom is 0.0880 e. The normalized spacial score (nSPS) is 13.0. The molecule has 2 aromatic heterocycles. The number of aromatic nitrogens is 1. The lowest BCUT2D eigenvalue weighted by Gasteiger charge is -2.23. The van der Waals surface area contributed by atoms with E-state index >= 15 is 0 Å². The second kappa shape index (κ2) is 9.35. The lowest BCUT2D eigenvalue weighted by atomic mass is 9.81. The fourth-order valence-electron chi connectivity index (χ4n) is 5.63. The first kappa shape index (κ1) is 26.6. The van der Waals surface area contributed by atoms with Gasteiger partial charge in [-0.1, -0.05) is 111 Å². The summed E-state index contributed by atoms with van der Waals surface area (Å²) in [6.07, 6.45) is 3.08. The van der Waals surface area contributed by atoms with Gasteiger partial charge in [-0.05, 0) is 73.9 Å². The Morgan fingerprint density at radius 1 is 0.684 bits per heavy atom. The van der Waals surface area contributed by atoms with Crippen molar-refractivity contribution in [2.24, 2.45) is 5.41 Å². The van der Waals surface area contributed by atoms with Crippen LogP contribution in [0.1, 0.15) is 79.0 Å². The average molecular weight is 520 g/mol. The number of hydrogen-bond acceptors (Lipinski definition) is 2. The summed E-state index contributed by atoms with van der Waals surface area (Å²) >= 11 is 1.90. The van der Waals surface area contributed by atoms with Gasteiger partial charge in [0.2, 0.25) is 0 Å². The molecule has 3 aromatic carbocycles. The van der Waals surface area contributed by atoms with Crippen LogP contribution in [0.5, 0.6) is 0 Å². The van der Waals surface area contributed by atoms with Gasteiger partial charge in [0, 0.05) is 22.0 Å². The maximum absolute atomic E-state index is 5.00. The molecule has 0 amide bonds. The molecule has 196 valence electrons. The van der Waals surface area contributed by atoms with Crippen molar-refractivity contribution in [1.29, 1.82) is 0 Å². The highest BCUT2D eigenvalue weighted by molar-refractivity contribution is 7.23. The summed E-state index contributed by atoms with van der Waals surface area (Å²) in [7, 11) is 0. The Bertz CT molecular complexity index is 1610. The molecule has 0 atom stereocenters. The highest BCUT2D eigenvalue weighted by atomic mass is 32.1. The molecule has 5 rings (SSSR count). The summed E-state index contributed by atoms with van der Waals surface area (Å²) < 4.78 is 1.28. The van der Waals surface area contributed by atoms with Crippen LogP contribution < -0.4 is 0 Å². The van der Waals surface area contributed by atoms with Crippen LogP contribution in [0.15, 0.2) is 72.9 Å². The third kappa shape index (κ3) is 5.16. The minimum absolute atomic E-state index is 0.0102. The Labute approximate surface area is 233 Å². The molecular weight excluding hydrogens is 478 g/mol. The van der Waals surface area contributed by atoms with Gasteiger partial charge in [0.05, 0.1) is 10.4 Å². The first-order chi connectivity index (χ1) is 17.7. The minimum Gasteiger partial charge on any atom is -0.255 e. The van der Waals surface area contributed by atoms with Crippen LogP contribution in [0.4, 0.5) is 0 Å². The van der Waals surface area contributed by atoms with Crippen molar-refractivity contribution in [2.45, 2.75) is 79.6 Å². The molecule has 0 aliphatic heterocycles. The number of benzene rings is 3. The van der Waals surface area contributed by atoms with Crippen molar-refractivity contribution >= 4 is 32.2 Å². The molecule has 2 heterocycles. The zero-order valence-electron chi connectivity index (χ0n) is 24.5. The smallest absolute Gasteiger partial charge is 0.0880 e. The Morgan fingerprint density at radius 2 is 1.37 bits per heavy atom. The van der Waals surface area contributed by atoms with Gasteiger partial charge in [-0.3, -0.25) is 4.98 Å². The van der Waals surface area contributed by atoms with E-state index in [2.05, 4.69) is 129 Å². The monoisotopic (exact) mass is 519 g/mol. The van der Waals surface area contributed by atoms with Crippen molar-refractivity contribution in [2.75, 3.05) is 0 Å². The van der Waals surface area contributed by atoms with E-state index in [4.69, 9.17) is 4.98 Å². The first-order valence-electron chi connectivity index (χ1n) is 13.8. The maximum atomic E-state index is 5.00. The van der Waals surface area contributed by atoms with Crippen molar-refractivity contribution in [1.82, 2.24) is 4.98 Å². The van der Waals surface area contributed by atoms with E-state index in [9.17, 15) is 0 Å². The molecule has 0 bridgehead atoms. The van der Waals surface area contributed by atoms with Gasteiger partial charge in [-0.15, -0.1) is 11.3 Å². The van der Waals surface area contributed by atoms with E-state index in [1.807, 2.05) is 17.5 Å². The molecule has 0 saturated heterocycles. The Hall–Kier alpha value is -2.97. The molecule has 0 N–H and O–H groups in total. The summed E-state index contributed by atoms with van der Waals surface area (Å²) in [6, 6.07) is 25.0. The van der Waals surface area contributed by atoms with Crippen LogP contribution in [0.25, 0.3) is 42.6 Å². The number of fused-ring (bicyclic) bond motifs is 2. The molecule has 1 nitrogen and oxygen atoms in total. The molecular formula is C36H41NS. The van der Waals surface area contributed by atoms with E-state index in [0.29, 0.717) is 0 Å². The second-order valence-electron chi connectivity index (χ2n) is 14.0. The topological polar surface area (TPSA) is 12.9 Å². The van der Waals surface area contributed by atoms with Crippen molar-refractivity contribution in [3.8, 4) is 21.7 Å². The highest BCUT2D eigenvalue weighted by Gasteiger charge is 2.27. The predicted molar refractivity (Wildman–Crippen MR) is 169 cm³/mol. The quantitative estimate of drug-likeness (QED) is 0.231. The number of rotatable bonds is 3. The van der Waals surface area contributed by atoms with E-state index in [0.717, 1.165) is 12.1 Å². The fourth-order valence-corrected chi connectivity index (χ4v) is 7.16. The van der Waals surface area contributed by atoms with E-state index < -0.39 is 0 Å². The standard InChI is InChI=1S/C36H41NS/c1-34(2,3)22-23-14-16-24(17-15-23)32-30(36(7,8)9)28-18-19-37-31(33(28)38-32)26-20-25-12-10-11-13-27(25)29(21-26)35(4,5)6/h10-21H,22H2,1-9H3. The number of pyridine rings is 1. The number of hydrogen-bond donors (Lipinski definition) is 0. The van der Waals surface area contributed by atoms with Crippen LogP contribution in [0.2, 0.25) is 0 Å². The minimum atomic E-state index is 0.0102. The molecule has 0 aliphatic carbocycles. The molecule has 0 spiro atoms. The predicted octanol–water partition coefficient (Wildman–Crippen LogP) is 11.0. The third-order valence-corrected chi connectivity index (χ3v) is 8.51. The van der Waals surface area contributed by atoms with Crippen molar-refractivity contribution in [3.63, 3.8) is 0 Å². The second-order valence-corrected chi connectivity index (χ2v) is 15.0. The van der Waals surface area contributed by atoms with E-state index in [-0.39, 0.29) is 16.2 Å². The summed E-state index contributed by atoms with van der Waals surface area (Å²) in [5.74, 6) is 0. The van der Waals surface area contributed by atoms with Gasteiger partial charge in [0.1, 0.15) is 0 Å². The summed E-state index contributed by atoms with van der Waals surface area (Å²) in [6.45, 7) is 20.8. The number of thiophene rings is 1. The van der Waals surface area contributed by atoms with Crippen LogP contribution in [0, 0.1) is 5.41 Å². The first-order valence-corrected chi connectivity index (χ1v) is 14.6. The molecule has 0 unspecified atom stereocenters. The average Bonchev–Trinajstić information content (AvgIpc) is 3.22. The zero-order valence-corrected chi connectivity index (χ0v) is 25.3. The van der Waals surface area contributed by atoms with Crippen LogP contribution in [-0.2, 0) is 17.3 Å². The lowest BCUT2D eigenvalue weighted by Crippen LogP contribution is -2.12. The molecule has 0 fully saturated rings. The largest absolute Gasteiger partial charge is 0.255 e. The summed E-state index contributed by atoms with van der Waals surface area (Å²) in [5, 5.41) is 3.93. The van der Waals surface area contributed by atoms with Crippen LogP contribution in [-0.4, -0.2) is 4.98 Å². The third-order valence-electron chi connectivity index (χ3n) is 7.25. The summed E-state index contributed by atoms with van der Waals surface area (Å²) in [5.41, 5.74) is 8.10. The molecule has 0 saturated carbocycles. The van der Waals surface area contributed by atoms with Gasteiger partial charge >= 0.3 is 0 Å².